The van der Waals surface area contributed by atoms with Crippen LogP contribution in [0.15, 0.2) is 12.1 Å². The van der Waals surface area contributed by atoms with Gasteiger partial charge in [-0.2, -0.15) is 13.2 Å². The Kier molecular flexibility index (Phi) is 6.31. The van der Waals surface area contributed by atoms with Crippen LogP contribution < -0.4 is 9.47 Å². The Hall–Kier alpha value is -1.67. The van der Waals surface area contributed by atoms with Gasteiger partial charge in [0.05, 0.1) is 32.3 Å². The maximum atomic E-state index is 13.1. The smallest absolute Gasteiger partial charge is 0.418 e. The molecule has 0 aliphatic carbocycles. The molecular formula is C13H14ClF3O5. The summed E-state index contributed by atoms with van der Waals surface area (Å²) < 4.78 is 53.8. The number of benzene rings is 1. The molecule has 1 N–H and O–H groups in total. The van der Waals surface area contributed by atoms with Crippen LogP contribution in [0.25, 0.3) is 0 Å². The van der Waals surface area contributed by atoms with Gasteiger partial charge in [-0.25, -0.2) is 0 Å². The van der Waals surface area contributed by atoms with Crippen molar-refractivity contribution in [3.8, 4) is 11.5 Å². The van der Waals surface area contributed by atoms with E-state index in [0.29, 0.717) is 0 Å². The number of hydrogen-bond acceptors (Lipinski definition) is 4. The van der Waals surface area contributed by atoms with Crippen molar-refractivity contribution >= 4 is 17.6 Å². The summed E-state index contributed by atoms with van der Waals surface area (Å²) >= 11 is 5.87. The van der Waals surface area contributed by atoms with Crippen molar-refractivity contribution < 1.29 is 37.3 Å². The van der Waals surface area contributed by atoms with Crippen molar-refractivity contribution in [1.82, 2.24) is 0 Å². The molecule has 1 atom stereocenters. The molecule has 0 saturated heterocycles. The maximum absolute atomic E-state index is 13.1. The molecule has 0 aliphatic heterocycles. The van der Waals surface area contributed by atoms with E-state index >= 15 is 0 Å². The molecule has 1 aromatic rings. The van der Waals surface area contributed by atoms with Crippen molar-refractivity contribution in [3.63, 3.8) is 0 Å². The lowest BCUT2D eigenvalue weighted by molar-refractivity contribution is -0.224. The normalized spacial score (nSPS) is 12.8. The standard InChI is InChI=1S/C13H14ClF3O5/c1-20-9-6-7(5-8(14)11(9)21-2)12(13(15,16)17)22-4-3-10(18)19/h5-6,12H,3-4H2,1-2H3,(H,18,19). The van der Waals surface area contributed by atoms with Gasteiger partial charge in [-0.1, -0.05) is 11.6 Å². The number of halogens is 4. The van der Waals surface area contributed by atoms with E-state index in [9.17, 15) is 18.0 Å². The number of alkyl halides is 3. The van der Waals surface area contributed by atoms with Crippen LogP contribution in [-0.2, 0) is 9.53 Å². The summed E-state index contributed by atoms with van der Waals surface area (Å²) in [7, 11) is 2.56. The summed E-state index contributed by atoms with van der Waals surface area (Å²) in [6.45, 7) is -0.592. The van der Waals surface area contributed by atoms with Gasteiger partial charge in [0.15, 0.2) is 17.6 Å². The van der Waals surface area contributed by atoms with Gasteiger partial charge < -0.3 is 19.3 Å². The van der Waals surface area contributed by atoms with E-state index in [1.807, 2.05) is 0 Å². The highest BCUT2D eigenvalue weighted by Crippen LogP contribution is 2.42. The van der Waals surface area contributed by atoms with E-state index in [4.69, 9.17) is 26.2 Å². The number of ether oxygens (including phenoxy) is 3. The summed E-state index contributed by atoms with van der Waals surface area (Å²) in [6, 6.07) is 2.13. The van der Waals surface area contributed by atoms with Crippen LogP contribution in [0.1, 0.15) is 18.1 Å². The Morgan fingerprint density at radius 2 is 1.95 bits per heavy atom. The van der Waals surface area contributed by atoms with Crippen LogP contribution in [0.4, 0.5) is 13.2 Å². The second-order valence-electron chi connectivity index (χ2n) is 4.17. The third kappa shape index (κ3) is 4.67. The van der Waals surface area contributed by atoms with E-state index in [-0.39, 0.29) is 22.1 Å². The summed E-state index contributed by atoms with van der Waals surface area (Å²) in [5, 5.41) is 8.40. The van der Waals surface area contributed by atoms with Gasteiger partial charge in [0, 0.05) is 0 Å². The molecule has 0 radical (unpaired) electrons. The summed E-state index contributed by atoms with van der Waals surface area (Å²) in [5.41, 5.74) is -0.305. The van der Waals surface area contributed by atoms with Gasteiger partial charge in [0.25, 0.3) is 0 Å². The molecule has 0 heterocycles. The van der Waals surface area contributed by atoms with Crippen molar-refractivity contribution in [1.29, 1.82) is 0 Å². The van der Waals surface area contributed by atoms with Gasteiger partial charge >= 0.3 is 12.1 Å². The zero-order valence-corrected chi connectivity index (χ0v) is 12.5. The molecule has 0 fully saturated rings. The number of hydrogen-bond donors (Lipinski definition) is 1. The highest BCUT2D eigenvalue weighted by Gasteiger charge is 2.42. The number of aliphatic carboxylic acids is 1. The second kappa shape index (κ2) is 7.55. The molecule has 0 spiro atoms. The number of methoxy groups -OCH3 is 2. The molecule has 1 unspecified atom stereocenters. The number of carboxylic acids is 1. The third-order valence-electron chi connectivity index (χ3n) is 2.66. The first kappa shape index (κ1) is 18.4. The summed E-state index contributed by atoms with van der Waals surface area (Å²) in [5.74, 6) is -1.15. The van der Waals surface area contributed by atoms with E-state index in [1.54, 1.807) is 0 Å². The van der Waals surface area contributed by atoms with Gasteiger partial charge in [0.2, 0.25) is 0 Å². The highest BCUT2D eigenvalue weighted by molar-refractivity contribution is 6.32. The summed E-state index contributed by atoms with van der Waals surface area (Å²) in [6.07, 6.45) is -7.60. The first-order valence-corrected chi connectivity index (χ1v) is 6.40. The molecule has 5 nitrogen and oxygen atoms in total. The molecule has 9 heteroatoms. The number of carbonyl (C=O) groups is 1. The lowest BCUT2D eigenvalue weighted by Gasteiger charge is -2.22. The molecule has 1 aromatic carbocycles. The van der Waals surface area contributed by atoms with Gasteiger partial charge in [-0.05, 0) is 17.7 Å². The molecule has 124 valence electrons. The van der Waals surface area contributed by atoms with Crippen LogP contribution in [-0.4, -0.2) is 38.1 Å². The Balaban J connectivity index is 3.14. The number of rotatable bonds is 7. The zero-order valence-electron chi connectivity index (χ0n) is 11.7. The third-order valence-corrected chi connectivity index (χ3v) is 2.94. The molecule has 0 bridgehead atoms. The average Bonchev–Trinajstić information content (AvgIpc) is 2.40. The van der Waals surface area contributed by atoms with E-state index in [2.05, 4.69) is 4.74 Å². The van der Waals surface area contributed by atoms with E-state index in [1.165, 1.54) is 14.2 Å². The fourth-order valence-electron chi connectivity index (χ4n) is 1.73. The minimum Gasteiger partial charge on any atom is -0.493 e. The first-order chi connectivity index (χ1) is 10.2. The fourth-order valence-corrected chi connectivity index (χ4v) is 2.03. The zero-order chi connectivity index (χ0) is 16.9. The SMILES string of the molecule is COc1cc(C(OCCC(=O)O)C(F)(F)F)cc(Cl)c1OC. The minimum atomic E-state index is -4.73. The highest BCUT2D eigenvalue weighted by atomic mass is 35.5. The summed E-state index contributed by atoms with van der Waals surface area (Å²) in [4.78, 5) is 10.4. The van der Waals surface area contributed by atoms with Crippen molar-refractivity contribution in [2.75, 3.05) is 20.8 Å². The largest absolute Gasteiger partial charge is 0.493 e. The molecule has 0 aliphatic rings. The van der Waals surface area contributed by atoms with Crippen LogP contribution in [0.2, 0.25) is 5.02 Å². The Morgan fingerprint density at radius 1 is 1.32 bits per heavy atom. The average molecular weight is 343 g/mol. The van der Waals surface area contributed by atoms with Gasteiger partial charge in [-0.15, -0.1) is 0 Å². The lowest BCUT2D eigenvalue weighted by Crippen LogP contribution is -2.24. The maximum Gasteiger partial charge on any atom is 0.418 e. The predicted octanol–water partition coefficient (Wildman–Crippen LogP) is 3.45. The molecule has 0 aromatic heterocycles. The van der Waals surface area contributed by atoms with E-state index in [0.717, 1.165) is 12.1 Å². The Morgan fingerprint density at radius 3 is 2.41 bits per heavy atom. The van der Waals surface area contributed by atoms with Crippen LogP contribution >= 0.6 is 11.6 Å². The second-order valence-corrected chi connectivity index (χ2v) is 4.58. The Labute approximate surface area is 129 Å². The molecule has 0 saturated carbocycles. The van der Waals surface area contributed by atoms with E-state index < -0.39 is 31.3 Å². The monoisotopic (exact) mass is 342 g/mol. The quantitative estimate of drug-likeness (QED) is 0.822. The lowest BCUT2D eigenvalue weighted by atomic mass is 10.1. The van der Waals surface area contributed by atoms with Gasteiger partial charge in [0.1, 0.15) is 0 Å². The van der Waals surface area contributed by atoms with Crippen molar-refractivity contribution in [2.24, 2.45) is 0 Å². The van der Waals surface area contributed by atoms with Crippen molar-refractivity contribution in [3.05, 3.63) is 22.7 Å². The Bertz CT molecular complexity index is 533. The van der Waals surface area contributed by atoms with Gasteiger partial charge in [-0.3, -0.25) is 4.79 Å². The molecule has 0 amide bonds. The molecule has 22 heavy (non-hydrogen) atoms. The number of carboxylic acid groups (broad SMARTS) is 1. The van der Waals surface area contributed by atoms with Crippen LogP contribution in [0.3, 0.4) is 0 Å². The van der Waals surface area contributed by atoms with Crippen molar-refractivity contribution in [2.45, 2.75) is 18.7 Å². The van der Waals surface area contributed by atoms with Crippen LogP contribution in [0.5, 0.6) is 11.5 Å². The fraction of sp³-hybridized carbons (Fsp3) is 0.462. The minimum absolute atomic E-state index is 0.0149. The first-order valence-electron chi connectivity index (χ1n) is 6.02. The predicted molar refractivity (Wildman–Crippen MR) is 71.6 cm³/mol. The molecular weight excluding hydrogens is 329 g/mol. The molecule has 1 rings (SSSR count). The topological polar surface area (TPSA) is 65.0 Å². The van der Waals surface area contributed by atoms with Crippen LogP contribution in [0, 0.1) is 0 Å².